The van der Waals surface area contributed by atoms with Crippen molar-refractivity contribution in [2.24, 2.45) is 5.92 Å². The Labute approximate surface area is 158 Å². The van der Waals surface area contributed by atoms with Crippen molar-refractivity contribution >= 4 is 16.1 Å². The normalized spacial score (nSPS) is 24.1. The minimum absolute atomic E-state index is 0.00911. The number of hydrogen-bond acceptors (Lipinski definition) is 3. The van der Waals surface area contributed by atoms with E-state index in [1.165, 1.54) is 28.8 Å². The number of likely N-dealkylation sites (tertiary alicyclic amines) is 1. The number of halogens is 2. The molecular weight excluding hydrogens is 376 g/mol. The van der Waals surface area contributed by atoms with Crippen molar-refractivity contribution in [3.05, 3.63) is 35.4 Å². The topological polar surface area (TPSA) is 60.9 Å². The first-order chi connectivity index (χ1) is 12.7. The maximum Gasteiger partial charge on any atom is 0.281 e. The maximum absolute atomic E-state index is 13.4. The van der Waals surface area contributed by atoms with Crippen LogP contribution in [0.5, 0.6) is 0 Å². The quantitative estimate of drug-likeness (QED) is 0.771. The molecule has 6 nitrogen and oxygen atoms in total. The smallest absolute Gasteiger partial charge is 0.281 e. The van der Waals surface area contributed by atoms with Gasteiger partial charge in [-0.2, -0.15) is 17.0 Å². The first kappa shape index (κ1) is 20.2. The van der Waals surface area contributed by atoms with E-state index in [1.807, 2.05) is 0 Å². The molecule has 0 unspecified atom stereocenters. The van der Waals surface area contributed by atoms with E-state index in [2.05, 4.69) is 0 Å². The van der Waals surface area contributed by atoms with Gasteiger partial charge in [0.25, 0.3) is 10.2 Å². The lowest BCUT2D eigenvalue weighted by atomic mass is 9.84. The predicted octanol–water partition coefficient (Wildman–Crippen LogP) is 1.63. The third kappa shape index (κ3) is 4.14. The van der Waals surface area contributed by atoms with Crippen LogP contribution < -0.4 is 0 Å². The molecule has 0 radical (unpaired) electrons. The standard InChI is InChI=1S/C18H25F2N3O3S/c1-21(2)27(25,26)22-9-7-17-14(12-22)4-3-8-23(17)18(24)11-13-5-6-15(19)16(20)10-13/h5-6,10,14,17H,3-4,7-9,11-12H2,1-2H3/t14-,17+/m1/s1. The van der Waals surface area contributed by atoms with Crippen LogP contribution >= 0.6 is 0 Å². The van der Waals surface area contributed by atoms with E-state index in [-0.39, 0.29) is 24.3 Å². The van der Waals surface area contributed by atoms with Crippen molar-refractivity contribution in [2.45, 2.75) is 31.7 Å². The zero-order valence-corrected chi connectivity index (χ0v) is 16.4. The minimum Gasteiger partial charge on any atom is -0.339 e. The number of fused-ring (bicyclic) bond motifs is 1. The Morgan fingerprint density at radius 1 is 1.19 bits per heavy atom. The average molecular weight is 401 g/mol. The Morgan fingerprint density at radius 3 is 2.59 bits per heavy atom. The van der Waals surface area contributed by atoms with Crippen LogP contribution in [0.1, 0.15) is 24.8 Å². The molecule has 27 heavy (non-hydrogen) atoms. The van der Waals surface area contributed by atoms with Gasteiger partial charge in [-0.15, -0.1) is 0 Å². The first-order valence-electron chi connectivity index (χ1n) is 9.11. The van der Waals surface area contributed by atoms with Gasteiger partial charge in [-0.3, -0.25) is 4.79 Å². The molecule has 2 aliphatic rings. The van der Waals surface area contributed by atoms with Crippen molar-refractivity contribution in [1.82, 2.24) is 13.5 Å². The van der Waals surface area contributed by atoms with Gasteiger partial charge < -0.3 is 4.90 Å². The summed E-state index contributed by atoms with van der Waals surface area (Å²) in [5.41, 5.74) is 0.439. The zero-order chi connectivity index (χ0) is 19.8. The number of carbonyl (C=O) groups excluding carboxylic acids is 1. The van der Waals surface area contributed by atoms with Gasteiger partial charge in [-0.25, -0.2) is 8.78 Å². The lowest BCUT2D eigenvalue weighted by molar-refractivity contribution is -0.137. The largest absolute Gasteiger partial charge is 0.339 e. The van der Waals surface area contributed by atoms with Gasteiger partial charge in [0.1, 0.15) is 0 Å². The van der Waals surface area contributed by atoms with Crippen molar-refractivity contribution in [3.8, 4) is 0 Å². The highest BCUT2D eigenvalue weighted by Crippen LogP contribution is 2.32. The lowest BCUT2D eigenvalue weighted by Crippen LogP contribution is -2.58. The van der Waals surface area contributed by atoms with Gasteiger partial charge in [0.05, 0.1) is 6.42 Å². The number of piperidine rings is 2. The summed E-state index contributed by atoms with van der Waals surface area (Å²) in [6.45, 7) is 1.39. The van der Waals surface area contributed by atoms with Crippen LogP contribution in [0.2, 0.25) is 0 Å². The molecule has 2 saturated heterocycles. The molecule has 150 valence electrons. The van der Waals surface area contributed by atoms with E-state index in [1.54, 1.807) is 4.90 Å². The van der Waals surface area contributed by atoms with E-state index in [9.17, 15) is 22.0 Å². The Bertz CT molecular complexity index is 816. The molecule has 2 fully saturated rings. The average Bonchev–Trinajstić information content (AvgIpc) is 2.63. The summed E-state index contributed by atoms with van der Waals surface area (Å²) in [7, 11) is -0.432. The molecule has 1 amide bonds. The third-order valence-corrected chi connectivity index (χ3v) is 7.39. The zero-order valence-electron chi connectivity index (χ0n) is 15.6. The summed E-state index contributed by atoms with van der Waals surface area (Å²) in [6.07, 6.45) is 2.28. The van der Waals surface area contributed by atoms with Crippen molar-refractivity contribution in [1.29, 1.82) is 0 Å². The molecule has 2 aliphatic heterocycles. The van der Waals surface area contributed by atoms with Gasteiger partial charge in [-0.05, 0) is 42.9 Å². The number of rotatable bonds is 4. The van der Waals surface area contributed by atoms with Gasteiger partial charge in [0, 0.05) is 39.8 Å². The van der Waals surface area contributed by atoms with E-state index in [0.29, 0.717) is 31.6 Å². The number of hydrogen-bond donors (Lipinski definition) is 0. The fraction of sp³-hybridized carbons (Fsp3) is 0.611. The molecule has 0 aliphatic carbocycles. The molecule has 0 aromatic heterocycles. The fourth-order valence-electron chi connectivity index (χ4n) is 4.05. The highest BCUT2D eigenvalue weighted by atomic mass is 32.2. The second kappa shape index (κ2) is 7.81. The SMILES string of the molecule is CN(C)S(=O)(=O)N1CC[C@H]2[C@H](CCCN2C(=O)Cc2ccc(F)c(F)c2)C1. The summed E-state index contributed by atoms with van der Waals surface area (Å²) in [6, 6.07) is 3.50. The van der Waals surface area contributed by atoms with Crippen molar-refractivity contribution < 1.29 is 22.0 Å². The van der Waals surface area contributed by atoms with E-state index in [0.717, 1.165) is 25.0 Å². The molecule has 0 spiro atoms. The minimum atomic E-state index is -3.46. The molecule has 0 N–H and O–H groups in total. The summed E-state index contributed by atoms with van der Waals surface area (Å²) in [5.74, 6) is -1.92. The summed E-state index contributed by atoms with van der Waals surface area (Å²) in [4.78, 5) is 14.6. The van der Waals surface area contributed by atoms with Gasteiger partial charge >= 0.3 is 0 Å². The number of nitrogens with zero attached hydrogens (tertiary/aromatic N) is 3. The summed E-state index contributed by atoms with van der Waals surface area (Å²) < 4.78 is 53.9. The molecule has 3 rings (SSSR count). The van der Waals surface area contributed by atoms with E-state index < -0.39 is 21.8 Å². The summed E-state index contributed by atoms with van der Waals surface area (Å²) in [5, 5.41) is 0. The first-order valence-corrected chi connectivity index (χ1v) is 10.5. The number of amides is 1. The lowest BCUT2D eigenvalue weighted by Gasteiger charge is -2.47. The maximum atomic E-state index is 13.4. The highest BCUT2D eigenvalue weighted by Gasteiger charge is 2.41. The van der Waals surface area contributed by atoms with Gasteiger partial charge in [-0.1, -0.05) is 6.07 Å². The van der Waals surface area contributed by atoms with E-state index in [4.69, 9.17) is 0 Å². The van der Waals surface area contributed by atoms with Crippen molar-refractivity contribution in [2.75, 3.05) is 33.7 Å². The monoisotopic (exact) mass is 401 g/mol. The highest BCUT2D eigenvalue weighted by molar-refractivity contribution is 7.86. The molecule has 2 atom stereocenters. The van der Waals surface area contributed by atoms with Crippen LogP contribution in [0.25, 0.3) is 0 Å². The Balaban J connectivity index is 1.69. The van der Waals surface area contributed by atoms with Crippen LogP contribution in [0.15, 0.2) is 18.2 Å². The molecule has 9 heteroatoms. The number of carbonyl (C=O) groups is 1. The third-order valence-electron chi connectivity index (χ3n) is 5.48. The molecule has 0 bridgehead atoms. The summed E-state index contributed by atoms with van der Waals surface area (Å²) >= 11 is 0. The Hall–Kier alpha value is -1.58. The van der Waals surface area contributed by atoms with Crippen LogP contribution in [-0.4, -0.2) is 67.6 Å². The Morgan fingerprint density at radius 2 is 1.93 bits per heavy atom. The van der Waals surface area contributed by atoms with Crippen molar-refractivity contribution in [3.63, 3.8) is 0 Å². The Kier molecular flexibility index (Phi) is 5.83. The predicted molar refractivity (Wildman–Crippen MR) is 97.1 cm³/mol. The van der Waals surface area contributed by atoms with Crippen LogP contribution in [-0.2, 0) is 21.4 Å². The van der Waals surface area contributed by atoms with E-state index >= 15 is 0 Å². The van der Waals surface area contributed by atoms with Gasteiger partial charge in [0.2, 0.25) is 5.91 Å². The molecule has 2 heterocycles. The second-order valence-corrected chi connectivity index (χ2v) is 9.56. The molecular formula is C18H25F2N3O3S. The van der Waals surface area contributed by atoms with Gasteiger partial charge in [0.15, 0.2) is 11.6 Å². The molecule has 0 saturated carbocycles. The van der Waals surface area contributed by atoms with Crippen LogP contribution in [0, 0.1) is 17.6 Å². The van der Waals surface area contributed by atoms with Crippen LogP contribution in [0.4, 0.5) is 8.78 Å². The number of benzene rings is 1. The molecule has 1 aromatic carbocycles. The fourth-order valence-corrected chi connectivity index (χ4v) is 5.22. The second-order valence-electron chi connectivity index (χ2n) is 7.42. The van der Waals surface area contributed by atoms with Crippen LogP contribution in [0.3, 0.4) is 0 Å². The molecule has 1 aromatic rings.